The molecule has 4 aromatic carbocycles. The molecule has 0 radical (unpaired) electrons. The van der Waals surface area contributed by atoms with Gasteiger partial charge in [-0.1, -0.05) is 58.0 Å². The second-order valence-corrected chi connectivity index (χ2v) is 17.5. The van der Waals surface area contributed by atoms with Crippen molar-refractivity contribution in [3.63, 3.8) is 0 Å². The van der Waals surface area contributed by atoms with Gasteiger partial charge in [0.1, 0.15) is 16.2 Å². The molecule has 0 saturated heterocycles. The Balaban J connectivity index is 1.52. The molecule has 2 amide bonds. The Morgan fingerprint density at radius 1 is 0.763 bits per heavy atom. The summed E-state index contributed by atoms with van der Waals surface area (Å²) in [6.45, 7) is 20.0. The molecule has 0 aromatic heterocycles. The number of aryl methyl sites for hydroxylation is 4. The number of fused-ring (bicyclic) bond motifs is 2. The van der Waals surface area contributed by atoms with Crippen LogP contribution >= 0.6 is 0 Å². The second kappa shape index (κ2) is 17.2. The number of anilines is 4. The molecule has 1 aliphatic carbocycles. The lowest BCUT2D eigenvalue weighted by molar-refractivity contribution is -0.119. The van der Waals surface area contributed by atoms with Crippen molar-refractivity contribution in [2.24, 2.45) is 16.8 Å². The molecule has 59 heavy (non-hydrogen) atoms. The Morgan fingerprint density at radius 3 is 2.10 bits per heavy atom. The van der Waals surface area contributed by atoms with E-state index in [2.05, 4.69) is 29.8 Å². The van der Waals surface area contributed by atoms with Gasteiger partial charge in [0.15, 0.2) is 0 Å². The molecule has 0 saturated carbocycles. The summed E-state index contributed by atoms with van der Waals surface area (Å²) in [5.41, 5.74) is 11.3. The zero-order valence-corrected chi connectivity index (χ0v) is 36.4. The SMILES string of the molecule is CCC(C)C(=O)Nc1c(C)cc(C)c(/N=c2/ccc3c(-c4ccccc4S(=O)(=O)O)c4ccc(Nc5c(C)cc(C)c(NC(=O)CCC(C)C)c5C)cc4oc-3c2)c1C. The maximum Gasteiger partial charge on any atom is 0.295 e. The van der Waals surface area contributed by atoms with Crippen LogP contribution in [0.1, 0.15) is 80.3 Å². The first kappa shape index (κ1) is 42.8. The summed E-state index contributed by atoms with van der Waals surface area (Å²) in [6.07, 6.45) is 1.96. The van der Waals surface area contributed by atoms with Crippen LogP contribution in [0.4, 0.5) is 28.4 Å². The summed E-state index contributed by atoms with van der Waals surface area (Å²) >= 11 is 0. The van der Waals surface area contributed by atoms with Crippen molar-refractivity contribution in [2.75, 3.05) is 16.0 Å². The van der Waals surface area contributed by atoms with E-state index in [1.165, 1.54) is 6.07 Å². The number of nitrogens with zero attached hydrogens (tertiary/aromatic N) is 1. The quantitative estimate of drug-likeness (QED) is 0.0709. The first-order valence-electron chi connectivity index (χ1n) is 20.1. The molecule has 0 bridgehead atoms. The van der Waals surface area contributed by atoms with E-state index in [0.717, 1.165) is 69.0 Å². The van der Waals surface area contributed by atoms with Crippen LogP contribution in [0, 0.1) is 53.4 Å². The van der Waals surface area contributed by atoms with Gasteiger partial charge in [-0.25, -0.2) is 4.99 Å². The predicted octanol–water partition coefficient (Wildman–Crippen LogP) is 11.6. The largest absolute Gasteiger partial charge is 0.456 e. The lowest BCUT2D eigenvalue weighted by Crippen LogP contribution is -2.21. The molecule has 1 heterocycles. The van der Waals surface area contributed by atoms with E-state index in [-0.39, 0.29) is 22.6 Å². The Bertz CT molecular complexity index is 2770. The number of amides is 2. The van der Waals surface area contributed by atoms with Gasteiger partial charge in [-0.2, -0.15) is 8.42 Å². The van der Waals surface area contributed by atoms with Crippen LogP contribution in [-0.4, -0.2) is 24.8 Å². The minimum absolute atomic E-state index is 0.0265. The van der Waals surface area contributed by atoms with Gasteiger partial charge in [0.2, 0.25) is 11.8 Å². The monoisotopic (exact) mass is 814 g/mol. The van der Waals surface area contributed by atoms with Crippen LogP contribution in [0.25, 0.3) is 33.4 Å². The van der Waals surface area contributed by atoms with Crippen LogP contribution in [0.2, 0.25) is 0 Å². The van der Waals surface area contributed by atoms with Crippen LogP contribution in [0.3, 0.4) is 0 Å². The molecule has 1 atom stereocenters. The fourth-order valence-corrected chi connectivity index (χ4v) is 8.35. The predicted molar refractivity (Wildman–Crippen MR) is 239 cm³/mol. The molecule has 0 spiro atoms. The van der Waals surface area contributed by atoms with E-state index in [0.29, 0.717) is 56.8 Å². The van der Waals surface area contributed by atoms with Gasteiger partial charge in [0.25, 0.3) is 10.1 Å². The number of hydrogen-bond acceptors (Lipinski definition) is 7. The molecule has 6 rings (SSSR count). The highest BCUT2D eigenvalue weighted by Gasteiger charge is 2.24. The van der Waals surface area contributed by atoms with Crippen LogP contribution in [0.5, 0.6) is 0 Å². The van der Waals surface area contributed by atoms with E-state index in [9.17, 15) is 22.6 Å². The maximum absolute atomic E-state index is 12.9. The molecule has 308 valence electrons. The number of carbonyl (C=O) groups is 2. The smallest absolute Gasteiger partial charge is 0.295 e. The standard InChI is InChI=1S/C48H54N4O6S/c1-11-27(4)48(54)52-47-31(8)23-29(6)45(33(47)10)50-35-18-20-37-40(25-35)58-39-24-34(17-19-36(39)43(37)38-14-12-13-15-41(38)59(55,56)57)49-44-28(5)22-30(7)46(32(44)9)51-42(53)21-16-26(2)3/h12-15,17-20,22-27,49H,11,16,21H2,1-10H3,(H,51,53)(H,52,54)(H,55,56,57)/b50-35-. The van der Waals surface area contributed by atoms with Crippen LogP contribution < -0.4 is 21.3 Å². The van der Waals surface area contributed by atoms with E-state index in [4.69, 9.17) is 9.41 Å². The Kier molecular flexibility index (Phi) is 12.5. The van der Waals surface area contributed by atoms with Gasteiger partial charge < -0.3 is 20.4 Å². The minimum atomic E-state index is -4.61. The van der Waals surface area contributed by atoms with Gasteiger partial charge in [-0.15, -0.1) is 0 Å². The number of rotatable bonds is 12. The Hall–Kier alpha value is -5.78. The number of hydrogen-bond donors (Lipinski definition) is 4. The molecule has 4 N–H and O–H groups in total. The van der Waals surface area contributed by atoms with Gasteiger partial charge >= 0.3 is 0 Å². The first-order valence-corrected chi connectivity index (χ1v) is 21.5. The van der Waals surface area contributed by atoms with E-state index < -0.39 is 10.1 Å². The van der Waals surface area contributed by atoms with E-state index in [1.807, 2.05) is 104 Å². The average molecular weight is 815 g/mol. The van der Waals surface area contributed by atoms with Gasteiger partial charge in [-0.3, -0.25) is 14.1 Å². The lowest BCUT2D eigenvalue weighted by atomic mass is 9.93. The molecule has 10 nitrogen and oxygen atoms in total. The van der Waals surface area contributed by atoms with Gasteiger partial charge in [0.05, 0.1) is 11.0 Å². The topological polar surface area (TPSA) is 150 Å². The molecular weight excluding hydrogens is 761 g/mol. The lowest BCUT2D eigenvalue weighted by Gasteiger charge is -2.21. The zero-order chi connectivity index (χ0) is 42.9. The molecule has 1 unspecified atom stereocenters. The van der Waals surface area contributed by atoms with Crippen molar-refractivity contribution in [3.8, 4) is 22.5 Å². The van der Waals surface area contributed by atoms with Gasteiger partial charge in [0, 0.05) is 69.3 Å². The fraction of sp³-hybridized carbons (Fsp3) is 0.312. The Labute approximate surface area is 347 Å². The summed E-state index contributed by atoms with van der Waals surface area (Å²) in [5.74, 6) is 0.645. The molecule has 1 aliphatic heterocycles. The normalized spacial score (nSPS) is 12.6. The zero-order valence-electron chi connectivity index (χ0n) is 35.5. The summed E-state index contributed by atoms with van der Waals surface area (Å²) in [7, 11) is -4.61. The van der Waals surface area contributed by atoms with Crippen molar-refractivity contribution in [2.45, 2.75) is 93.4 Å². The maximum atomic E-state index is 12.9. The second-order valence-electron chi connectivity index (χ2n) is 16.1. The summed E-state index contributed by atoms with van der Waals surface area (Å²) in [4.78, 5) is 30.7. The third-order valence-corrected chi connectivity index (χ3v) is 12.0. The number of carbonyl (C=O) groups excluding carboxylic acids is 2. The van der Waals surface area contributed by atoms with Crippen molar-refractivity contribution in [3.05, 3.63) is 112 Å². The summed E-state index contributed by atoms with van der Waals surface area (Å²) in [6, 6.07) is 21.5. The highest BCUT2D eigenvalue weighted by Crippen LogP contribution is 2.44. The van der Waals surface area contributed by atoms with Crippen molar-refractivity contribution in [1.29, 1.82) is 0 Å². The number of nitrogens with one attached hydrogen (secondary N) is 3. The van der Waals surface area contributed by atoms with Crippen LogP contribution in [0.15, 0.2) is 87.1 Å². The summed E-state index contributed by atoms with van der Waals surface area (Å²) < 4.78 is 42.5. The fourth-order valence-electron chi connectivity index (χ4n) is 7.65. The Morgan fingerprint density at radius 2 is 1.42 bits per heavy atom. The van der Waals surface area contributed by atoms with Crippen molar-refractivity contribution < 1.29 is 27.0 Å². The summed E-state index contributed by atoms with van der Waals surface area (Å²) in [5, 5.41) is 11.0. The van der Waals surface area contributed by atoms with Crippen LogP contribution in [-0.2, 0) is 19.7 Å². The molecular formula is C48H54N4O6S. The first-order chi connectivity index (χ1) is 27.9. The van der Waals surface area contributed by atoms with Crippen molar-refractivity contribution in [1.82, 2.24) is 0 Å². The average Bonchev–Trinajstić information content (AvgIpc) is 3.18. The molecule has 11 heteroatoms. The third-order valence-electron chi connectivity index (χ3n) is 11.1. The minimum Gasteiger partial charge on any atom is -0.456 e. The highest BCUT2D eigenvalue weighted by atomic mass is 32.2. The molecule has 2 aliphatic rings. The number of benzene rings is 5. The van der Waals surface area contributed by atoms with Crippen molar-refractivity contribution >= 4 is 61.3 Å². The van der Waals surface area contributed by atoms with Gasteiger partial charge in [-0.05, 0) is 124 Å². The third kappa shape index (κ3) is 9.11. The van der Waals surface area contributed by atoms with E-state index >= 15 is 0 Å². The highest BCUT2D eigenvalue weighted by molar-refractivity contribution is 7.86. The molecule has 0 fully saturated rings. The molecule has 4 aromatic rings. The van der Waals surface area contributed by atoms with E-state index in [1.54, 1.807) is 18.2 Å².